The lowest BCUT2D eigenvalue weighted by atomic mass is 10.2. The SMILES string of the molecule is CN(C(=O)CN)N1c2c(OCc3ccccc3)cc(Cl)cc2SC1(C)Cl. The Morgan fingerprint density at radius 2 is 2.04 bits per heavy atom. The summed E-state index contributed by atoms with van der Waals surface area (Å²) >= 11 is 14.4. The van der Waals surface area contributed by atoms with E-state index >= 15 is 0 Å². The van der Waals surface area contributed by atoms with Crippen LogP contribution < -0.4 is 15.5 Å². The van der Waals surface area contributed by atoms with Crippen molar-refractivity contribution in [2.24, 2.45) is 5.73 Å². The fraction of sp³-hybridized carbons (Fsp3) is 0.278. The number of rotatable bonds is 5. The Morgan fingerprint density at radius 1 is 1.35 bits per heavy atom. The number of halogens is 2. The zero-order valence-corrected chi connectivity index (χ0v) is 16.7. The number of hydrazine groups is 1. The Bertz CT molecular complexity index is 818. The number of nitrogens with two attached hydrogens (primary N) is 1. The van der Waals surface area contributed by atoms with Gasteiger partial charge in [0, 0.05) is 23.0 Å². The fourth-order valence-corrected chi connectivity index (χ4v) is 4.68. The molecule has 0 spiro atoms. The molecule has 0 saturated carbocycles. The van der Waals surface area contributed by atoms with Crippen LogP contribution in [0.15, 0.2) is 47.4 Å². The smallest absolute Gasteiger partial charge is 0.254 e. The number of alkyl halides is 1. The van der Waals surface area contributed by atoms with Crippen LogP contribution in [0.2, 0.25) is 5.02 Å². The molecule has 2 N–H and O–H groups in total. The van der Waals surface area contributed by atoms with Crippen molar-refractivity contribution in [3.05, 3.63) is 53.1 Å². The number of likely N-dealkylation sites (N-methyl/N-ethyl adjacent to an activating group) is 1. The molecule has 0 bridgehead atoms. The minimum absolute atomic E-state index is 0.117. The molecule has 0 saturated heterocycles. The van der Waals surface area contributed by atoms with Gasteiger partial charge in [0.2, 0.25) is 0 Å². The summed E-state index contributed by atoms with van der Waals surface area (Å²) in [5, 5.41) is 3.66. The van der Waals surface area contributed by atoms with Gasteiger partial charge in [-0.2, -0.15) is 0 Å². The van der Waals surface area contributed by atoms with E-state index in [-0.39, 0.29) is 12.5 Å². The maximum absolute atomic E-state index is 12.2. The van der Waals surface area contributed by atoms with E-state index in [1.54, 1.807) is 18.1 Å². The van der Waals surface area contributed by atoms with Crippen molar-refractivity contribution in [2.75, 3.05) is 18.6 Å². The van der Waals surface area contributed by atoms with Crippen LogP contribution in [0.4, 0.5) is 5.69 Å². The third-order valence-corrected chi connectivity index (χ3v) is 5.65. The van der Waals surface area contributed by atoms with E-state index in [1.807, 2.05) is 43.3 Å². The van der Waals surface area contributed by atoms with Gasteiger partial charge < -0.3 is 10.5 Å². The Balaban J connectivity index is 1.99. The molecule has 26 heavy (non-hydrogen) atoms. The molecule has 0 fully saturated rings. The number of carbonyl (C=O) groups is 1. The number of benzene rings is 2. The second-order valence-electron chi connectivity index (χ2n) is 5.93. The summed E-state index contributed by atoms with van der Waals surface area (Å²) in [6, 6.07) is 13.4. The van der Waals surface area contributed by atoms with E-state index in [0.717, 1.165) is 10.5 Å². The van der Waals surface area contributed by atoms with Gasteiger partial charge in [-0.25, -0.2) is 5.01 Å². The quantitative estimate of drug-likeness (QED) is 0.593. The van der Waals surface area contributed by atoms with E-state index in [4.69, 9.17) is 33.7 Å². The lowest BCUT2D eigenvalue weighted by Crippen LogP contribution is -2.52. The number of nitrogens with zero attached hydrogens (tertiary/aromatic N) is 2. The number of thioether (sulfide) groups is 1. The first kappa shape index (κ1) is 19.2. The van der Waals surface area contributed by atoms with Crippen molar-refractivity contribution >= 4 is 46.6 Å². The summed E-state index contributed by atoms with van der Waals surface area (Å²) in [6.45, 7) is 2.07. The number of anilines is 1. The van der Waals surface area contributed by atoms with Gasteiger partial charge in [0.1, 0.15) is 18.0 Å². The van der Waals surface area contributed by atoms with Crippen molar-refractivity contribution in [3.63, 3.8) is 0 Å². The number of ether oxygens (including phenoxy) is 1. The minimum atomic E-state index is -0.905. The van der Waals surface area contributed by atoms with Gasteiger partial charge in [-0.3, -0.25) is 9.80 Å². The van der Waals surface area contributed by atoms with Crippen molar-refractivity contribution in [1.82, 2.24) is 5.01 Å². The molecule has 3 rings (SSSR count). The third kappa shape index (κ3) is 3.74. The Kier molecular flexibility index (Phi) is 5.58. The Morgan fingerprint density at radius 3 is 2.69 bits per heavy atom. The number of hydrogen-bond donors (Lipinski definition) is 1. The van der Waals surface area contributed by atoms with Crippen LogP contribution in [-0.2, 0) is 11.4 Å². The monoisotopic (exact) mass is 411 g/mol. The first-order valence-corrected chi connectivity index (χ1v) is 9.55. The summed E-state index contributed by atoms with van der Waals surface area (Å²) < 4.78 is 5.13. The molecular weight excluding hydrogens is 393 g/mol. The molecule has 1 unspecified atom stereocenters. The fourth-order valence-electron chi connectivity index (χ4n) is 2.79. The molecule has 0 aliphatic carbocycles. The highest BCUT2D eigenvalue weighted by molar-refractivity contribution is 8.02. The van der Waals surface area contributed by atoms with Gasteiger partial charge in [0.25, 0.3) is 5.91 Å². The molecule has 1 atom stereocenters. The van der Waals surface area contributed by atoms with Crippen LogP contribution in [0.3, 0.4) is 0 Å². The number of hydrogen-bond acceptors (Lipinski definition) is 5. The van der Waals surface area contributed by atoms with Crippen molar-refractivity contribution in [3.8, 4) is 5.75 Å². The van der Waals surface area contributed by atoms with Crippen molar-refractivity contribution < 1.29 is 9.53 Å². The standard InChI is InChI=1S/C18H19Cl2N3O2S/c1-18(20)23(22(2)16(24)10-21)17-14(8-13(19)9-15(17)26-18)25-11-12-6-4-3-5-7-12/h3-9H,10-11,21H2,1-2H3. The normalized spacial score (nSPS) is 18.6. The minimum Gasteiger partial charge on any atom is -0.487 e. The topological polar surface area (TPSA) is 58.8 Å². The van der Waals surface area contributed by atoms with E-state index in [9.17, 15) is 4.79 Å². The highest BCUT2D eigenvalue weighted by Gasteiger charge is 2.45. The predicted molar refractivity (Wildman–Crippen MR) is 107 cm³/mol. The molecule has 5 nitrogen and oxygen atoms in total. The second-order valence-corrected chi connectivity index (χ2v) is 8.77. The van der Waals surface area contributed by atoms with E-state index in [1.165, 1.54) is 16.8 Å². The first-order valence-electron chi connectivity index (χ1n) is 7.98. The van der Waals surface area contributed by atoms with Crippen molar-refractivity contribution in [1.29, 1.82) is 0 Å². The summed E-state index contributed by atoms with van der Waals surface area (Å²) in [7, 11) is 1.64. The molecule has 0 radical (unpaired) electrons. The van der Waals surface area contributed by atoms with Gasteiger partial charge in [-0.1, -0.05) is 65.3 Å². The number of amides is 1. The zero-order chi connectivity index (χ0) is 18.9. The van der Waals surface area contributed by atoms with Gasteiger partial charge in [-0.15, -0.1) is 0 Å². The van der Waals surface area contributed by atoms with Crippen LogP contribution in [-0.4, -0.2) is 28.8 Å². The maximum atomic E-state index is 12.2. The van der Waals surface area contributed by atoms with Crippen LogP contribution in [0, 0.1) is 0 Å². The average Bonchev–Trinajstić information content (AvgIpc) is 2.88. The number of fused-ring (bicyclic) bond motifs is 1. The molecule has 1 aliphatic heterocycles. The predicted octanol–water partition coefficient (Wildman–Crippen LogP) is 4.08. The van der Waals surface area contributed by atoms with E-state index in [0.29, 0.717) is 23.1 Å². The second kappa shape index (κ2) is 7.56. The zero-order valence-electron chi connectivity index (χ0n) is 14.4. The first-order chi connectivity index (χ1) is 12.3. The van der Waals surface area contributed by atoms with Crippen molar-refractivity contribution in [2.45, 2.75) is 22.8 Å². The molecule has 138 valence electrons. The summed E-state index contributed by atoms with van der Waals surface area (Å²) in [4.78, 5) is 13.0. The lowest BCUT2D eigenvalue weighted by molar-refractivity contribution is -0.129. The third-order valence-electron chi connectivity index (χ3n) is 3.96. The van der Waals surface area contributed by atoms with Crippen LogP contribution in [0.5, 0.6) is 5.75 Å². The van der Waals surface area contributed by atoms with E-state index < -0.39 is 4.33 Å². The van der Waals surface area contributed by atoms with Crippen LogP contribution in [0.25, 0.3) is 0 Å². The molecule has 1 amide bonds. The van der Waals surface area contributed by atoms with Gasteiger partial charge in [0.05, 0.1) is 6.54 Å². The highest BCUT2D eigenvalue weighted by atomic mass is 35.5. The Hall–Kier alpha value is -1.60. The lowest BCUT2D eigenvalue weighted by Gasteiger charge is -2.38. The van der Waals surface area contributed by atoms with E-state index in [2.05, 4.69) is 0 Å². The van der Waals surface area contributed by atoms with Crippen LogP contribution >= 0.6 is 35.0 Å². The summed E-state index contributed by atoms with van der Waals surface area (Å²) in [6.07, 6.45) is 0. The average molecular weight is 412 g/mol. The van der Waals surface area contributed by atoms with Crippen LogP contribution in [0.1, 0.15) is 12.5 Å². The maximum Gasteiger partial charge on any atom is 0.254 e. The van der Waals surface area contributed by atoms with Gasteiger partial charge >= 0.3 is 0 Å². The number of carbonyl (C=O) groups excluding carboxylic acids is 1. The molecule has 2 aromatic carbocycles. The molecule has 1 heterocycles. The van der Waals surface area contributed by atoms with Gasteiger partial charge in [-0.05, 0) is 18.6 Å². The molecular formula is C18H19Cl2N3O2S. The molecule has 2 aromatic rings. The summed E-state index contributed by atoms with van der Waals surface area (Å²) in [5.41, 5.74) is 7.26. The largest absolute Gasteiger partial charge is 0.487 e. The molecule has 1 aliphatic rings. The molecule has 8 heteroatoms. The Labute approximate surface area is 167 Å². The highest BCUT2D eigenvalue weighted by Crippen LogP contribution is 2.57. The summed E-state index contributed by atoms with van der Waals surface area (Å²) in [5.74, 6) is 0.305. The molecule has 0 aromatic heterocycles. The van der Waals surface area contributed by atoms with Gasteiger partial charge in [0.15, 0.2) is 4.33 Å².